The van der Waals surface area contributed by atoms with Gasteiger partial charge in [-0.3, -0.25) is 0 Å². The van der Waals surface area contributed by atoms with E-state index in [1.165, 1.54) is 5.56 Å². The standard InChI is InChI=1S/C18H17F/c1-3-5-14-7-9-15(10-8-14)17-12-11-16(6-4-2)18(19)13-17/h7-13H,3,5H2,1-2H3. The maximum Gasteiger partial charge on any atom is 0.139 e. The summed E-state index contributed by atoms with van der Waals surface area (Å²) in [5, 5.41) is 0. The zero-order valence-corrected chi connectivity index (χ0v) is 11.3. The molecule has 0 atom stereocenters. The van der Waals surface area contributed by atoms with E-state index in [4.69, 9.17) is 0 Å². The molecule has 19 heavy (non-hydrogen) atoms. The highest BCUT2D eigenvalue weighted by Crippen LogP contribution is 2.22. The maximum absolute atomic E-state index is 13.8. The quantitative estimate of drug-likeness (QED) is 0.687. The van der Waals surface area contributed by atoms with E-state index in [1.54, 1.807) is 19.1 Å². The van der Waals surface area contributed by atoms with Crippen molar-refractivity contribution in [1.29, 1.82) is 0 Å². The van der Waals surface area contributed by atoms with E-state index in [-0.39, 0.29) is 5.82 Å². The fourth-order valence-electron chi connectivity index (χ4n) is 2.08. The second kappa shape index (κ2) is 6.20. The number of benzene rings is 2. The summed E-state index contributed by atoms with van der Waals surface area (Å²) in [5.41, 5.74) is 3.70. The summed E-state index contributed by atoms with van der Waals surface area (Å²) in [5.74, 6) is 5.21. The van der Waals surface area contributed by atoms with Crippen molar-refractivity contribution < 1.29 is 4.39 Å². The highest BCUT2D eigenvalue weighted by molar-refractivity contribution is 5.65. The molecule has 1 heteroatoms. The van der Waals surface area contributed by atoms with Gasteiger partial charge in [-0.15, -0.1) is 5.92 Å². The minimum atomic E-state index is -0.260. The third kappa shape index (κ3) is 3.23. The first-order valence-electron chi connectivity index (χ1n) is 6.56. The van der Waals surface area contributed by atoms with Crippen LogP contribution in [0.15, 0.2) is 42.5 Å². The molecule has 0 radical (unpaired) electrons. The van der Waals surface area contributed by atoms with Crippen LogP contribution in [0.5, 0.6) is 0 Å². The largest absolute Gasteiger partial charge is 0.206 e. The molecule has 0 saturated carbocycles. The van der Waals surface area contributed by atoms with Gasteiger partial charge < -0.3 is 0 Å². The van der Waals surface area contributed by atoms with Crippen molar-refractivity contribution >= 4 is 0 Å². The average Bonchev–Trinajstić information content (AvgIpc) is 2.43. The van der Waals surface area contributed by atoms with Crippen LogP contribution in [0.25, 0.3) is 11.1 Å². The molecule has 96 valence electrons. The summed E-state index contributed by atoms with van der Waals surface area (Å²) in [6.07, 6.45) is 2.22. The van der Waals surface area contributed by atoms with Crippen LogP contribution >= 0.6 is 0 Å². The van der Waals surface area contributed by atoms with Crippen LogP contribution in [0.2, 0.25) is 0 Å². The topological polar surface area (TPSA) is 0 Å². The lowest BCUT2D eigenvalue weighted by Crippen LogP contribution is -1.87. The fourth-order valence-corrected chi connectivity index (χ4v) is 2.08. The summed E-state index contributed by atoms with van der Waals surface area (Å²) in [4.78, 5) is 0. The molecule has 0 spiro atoms. The SMILES string of the molecule is CC#Cc1ccc(-c2ccc(CCC)cc2)cc1F. The monoisotopic (exact) mass is 252 g/mol. The summed E-state index contributed by atoms with van der Waals surface area (Å²) in [6.45, 7) is 3.87. The molecule has 0 unspecified atom stereocenters. The lowest BCUT2D eigenvalue weighted by atomic mass is 10.0. The number of rotatable bonds is 3. The third-order valence-electron chi connectivity index (χ3n) is 3.05. The summed E-state index contributed by atoms with van der Waals surface area (Å²) in [7, 11) is 0. The molecular formula is C18H17F. The van der Waals surface area contributed by atoms with Gasteiger partial charge in [-0.25, -0.2) is 4.39 Å². The number of hydrogen-bond donors (Lipinski definition) is 0. The van der Waals surface area contributed by atoms with Crippen molar-refractivity contribution in [3.05, 3.63) is 59.4 Å². The van der Waals surface area contributed by atoms with Crippen molar-refractivity contribution in [3.63, 3.8) is 0 Å². The Morgan fingerprint density at radius 3 is 2.26 bits per heavy atom. The van der Waals surface area contributed by atoms with Crippen LogP contribution in [-0.2, 0) is 6.42 Å². The normalized spacial score (nSPS) is 9.84. The molecule has 0 aliphatic rings. The maximum atomic E-state index is 13.8. The lowest BCUT2D eigenvalue weighted by molar-refractivity contribution is 0.625. The molecule has 2 aromatic rings. The van der Waals surface area contributed by atoms with Crippen molar-refractivity contribution in [2.45, 2.75) is 26.7 Å². The first-order chi connectivity index (χ1) is 9.24. The molecule has 0 aliphatic heterocycles. The molecule has 0 heterocycles. The van der Waals surface area contributed by atoms with E-state index < -0.39 is 0 Å². The van der Waals surface area contributed by atoms with Crippen LogP contribution in [0, 0.1) is 17.7 Å². The number of hydrogen-bond acceptors (Lipinski definition) is 0. The van der Waals surface area contributed by atoms with E-state index in [0.717, 1.165) is 24.0 Å². The Morgan fingerprint density at radius 1 is 1.00 bits per heavy atom. The smallest absolute Gasteiger partial charge is 0.139 e. The van der Waals surface area contributed by atoms with E-state index >= 15 is 0 Å². The molecule has 0 saturated heterocycles. The van der Waals surface area contributed by atoms with Gasteiger partial charge >= 0.3 is 0 Å². The predicted molar refractivity (Wildman–Crippen MR) is 78.4 cm³/mol. The van der Waals surface area contributed by atoms with Crippen LogP contribution in [0.3, 0.4) is 0 Å². The molecule has 0 nitrogen and oxygen atoms in total. The van der Waals surface area contributed by atoms with Crippen LogP contribution < -0.4 is 0 Å². The first-order valence-corrected chi connectivity index (χ1v) is 6.56. The molecule has 2 rings (SSSR count). The van der Waals surface area contributed by atoms with Gasteiger partial charge in [0, 0.05) is 0 Å². The third-order valence-corrected chi connectivity index (χ3v) is 3.05. The molecule has 0 aliphatic carbocycles. The second-order valence-electron chi connectivity index (χ2n) is 4.52. The summed E-state index contributed by atoms with van der Waals surface area (Å²) in [6, 6.07) is 13.5. The summed E-state index contributed by atoms with van der Waals surface area (Å²) >= 11 is 0. The molecule has 0 amide bonds. The minimum absolute atomic E-state index is 0.260. The van der Waals surface area contributed by atoms with E-state index in [2.05, 4.69) is 30.9 Å². The zero-order valence-electron chi connectivity index (χ0n) is 11.3. The lowest BCUT2D eigenvalue weighted by Gasteiger charge is -2.05. The van der Waals surface area contributed by atoms with Gasteiger partial charge in [-0.1, -0.05) is 49.6 Å². The average molecular weight is 252 g/mol. The van der Waals surface area contributed by atoms with Crippen molar-refractivity contribution in [2.75, 3.05) is 0 Å². The van der Waals surface area contributed by atoms with Gasteiger partial charge in [0.25, 0.3) is 0 Å². The molecule has 2 aromatic carbocycles. The first kappa shape index (κ1) is 13.4. The highest BCUT2D eigenvalue weighted by Gasteiger charge is 2.03. The van der Waals surface area contributed by atoms with Crippen molar-refractivity contribution in [1.82, 2.24) is 0 Å². The molecule has 0 N–H and O–H groups in total. The van der Waals surface area contributed by atoms with Crippen molar-refractivity contribution in [2.24, 2.45) is 0 Å². The molecule has 0 aromatic heterocycles. The fraction of sp³-hybridized carbons (Fsp3) is 0.222. The zero-order chi connectivity index (χ0) is 13.7. The molecule has 0 fully saturated rings. The van der Waals surface area contributed by atoms with Gasteiger partial charge in [-0.2, -0.15) is 0 Å². The number of halogens is 1. The van der Waals surface area contributed by atoms with Gasteiger partial charge in [0.15, 0.2) is 0 Å². The Hall–Kier alpha value is -2.07. The predicted octanol–water partition coefficient (Wildman–Crippen LogP) is 4.82. The Labute approximate surface area is 114 Å². The minimum Gasteiger partial charge on any atom is -0.206 e. The Kier molecular flexibility index (Phi) is 4.36. The Bertz CT molecular complexity index is 612. The van der Waals surface area contributed by atoms with E-state index in [1.807, 2.05) is 18.2 Å². The highest BCUT2D eigenvalue weighted by atomic mass is 19.1. The molecule has 0 bridgehead atoms. The van der Waals surface area contributed by atoms with Crippen LogP contribution in [0.1, 0.15) is 31.4 Å². The van der Waals surface area contributed by atoms with E-state index in [9.17, 15) is 4.39 Å². The van der Waals surface area contributed by atoms with Gasteiger partial charge in [0.2, 0.25) is 0 Å². The second-order valence-corrected chi connectivity index (χ2v) is 4.52. The van der Waals surface area contributed by atoms with Gasteiger partial charge in [-0.05, 0) is 42.2 Å². The summed E-state index contributed by atoms with van der Waals surface area (Å²) < 4.78 is 13.8. The molecular weight excluding hydrogens is 235 g/mol. The number of aryl methyl sites for hydroxylation is 1. The van der Waals surface area contributed by atoms with Gasteiger partial charge in [0.1, 0.15) is 5.82 Å². The Morgan fingerprint density at radius 2 is 1.68 bits per heavy atom. The van der Waals surface area contributed by atoms with Gasteiger partial charge in [0.05, 0.1) is 5.56 Å². The Balaban J connectivity index is 2.30. The van der Waals surface area contributed by atoms with Crippen LogP contribution in [0.4, 0.5) is 4.39 Å². The van der Waals surface area contributed by atoms with Crippen LogP contribution in [-0.4, -0.2) is 0 Å². The van der Waals surface area contributed by atoms with E-state index in [0.29, 0.717) is 5.56 Å². The van der Waals surface area contributed by atoms with Crippen molar-refractivity contribution in [3.8, 4) is 23.0 Å².